The summed E-state index contributed by atoms with van der Waals surface area (Å²) < 4.78 is 8.08. The van der Waals surface area contributed by atoms with E-state index in [2.05, 4.69) is 40.3 Å². The van der Waals surface area contributed by atoms with Crippen LogP contribution in [0.4, 0.5) is 17.3 Å². The number of unbranched alkanes of at least 4 members (excludes halogenated alkanes) is 2. The second kappa shape index (κ2) is 9.83. The summed E-state index contributed by atoms with van der Waals surface area (Å²) in [5.41, 5.74) is 5.14. The molecule has 0 spiro atoms. The first kappa shape index (κ1) is 20.5. The zero-order valence-corrected chi connectivity index (χ0v) is 17.5. The molecule has 0 amide bonds. The molecule has 3 aromatic rings. The van der Waals surface area contributed by atoms with E-state index in [1.807, 2.05) is 38.2 Å². The van der Waals surface area contributed by atoms with E-state index in [1.165, 1.54) is 0 Å². The predicted molar refractivity (Wildman–Crippen MR) is 119 cm³/mol. The van der Waals surface area contributed by atoms with Crippen molar-refractivity contribution >= 4 is 28.4 Å². The van der Waals surface area contributed by atoms with Crippen LogP contribution in [0.1, 0.15) is 38.2 Å². The number of nitrogens with zero attached hydrogens (tertiary/aromatic N) is 3. The van der Waals surface area contributed by atoms with Crippen LogP contribution in [0.3, 0.4) is 0 Å². The highest BCUT2D eigenvalue weighted by Gasteiger charge is 2.13. The molecule has 0 fully saturated rings. The van der Waals surface area contributed by atoms with Gasteiger partial charge in [0.25, 0.3) is 0 Å². The van der Waals surface area contributed by atoms with Crippen molar-refractivity contribution in [2.45, 2.75) is 39.5 Å². The van der Waals surface area contributed by atoms with Crippen molar-refractivity contribution in [1.29, 1.82) is 5.26 Å². The van der Waals surface area contributed by atoms with Gasteiger partial charge in [0.2, 0.25) is 5.95 Å². The van der Waals surface area contributed by atoms with E-state index >= 15 is 0 Å². The highest BCUT2D eigenvalue weighted by molar-refractivity contribution is 5.91. The smallest absolute Gasteiger partial charge is 0.208 e. The Labute approximate surface area is 172 Å². The Bertz CT molecular complexity index is 1000. The van der Waals surface area contributed by atoms with Gasteiger partial charge in [-0.3, -0.25) is 0 Å². The first-order valence-electron chi connectivity index (χ1n) is 10.2. The predicted octanol–water partition coefficient (Wildman–Crippen LogP) is 5.52. The molecule has 0 aliphatic carbocycles. The van der Waals surface area contributed by atoms with Crippen LogP contribution < -0.4 is 15.4 Å². The maximum Gasteiger partial charge on any atom is 0.208 e. The fourth-order valence-corrected chi connectivity index (χ4v) is 3.24. The van der Waals surface area contributed by atoms with Crippen molar-refractivity contribution in [2.24, 2.45) is 7.05 Å². The number of aryl methyl sites for hydroxylation is 2. The summed E-state index contributed by atoms with van der Waals surface area (Å²) in [7, 11) is 2.02. The average Bonchev–Trinajstić information content (AvgIpc) is 3.04. The quantitative estimate of drug-likeness (QED) is 0.445. The molecule has 152 valence electrons. The summed E-state index contributed by atoms with van der Waals surface area (Å²) in [6, 6.07) is 14.4. The van der Waals surface area contributed by atoms with Crippen molar-refractivity contribution in [3.05, 3.63) is 42.0 Å². The molecule has 6 heteroatoms. The summed E-state index contributed by atoms with van der Waals surface area (Å²) in [5.74, 6) is 1.57. The number of aromatic nitrogens is 2. The number of nitriles is 1. The number of fused-ring (bicyclic) bond motifs is 1. The topological polar surface area (TPSA) is 74.9 Å². The molecule has 0 saturated heterocycles. The molecule has 3 rings (SSSR count). The van der Waals surface area contributed by atoms with Gasteiger partial charge in [-0.2, -0.15) is 5.26 Å². The molecule has 1 aromatic heterocycles. The fraction of sp³-hybridized carbons (Fsp3) is 0.391. The number of hydrogen-bond acceptors (Lipinski definition) is 5. The van der Waals surface area contributed by atoms with Gasteiger partial charge in [-0.25, -0.2) is 4.98 Å². The van der Waals surface area contributed by atoms with Crippen LogP contribution in [-0.2, 0) is 7.05 Å². The van der Waals surface area contributed by atoms with Crippen molar-refractivity contribution < 1.29 is 4.74 Å². The average molecular weight is 392 g/mol. The Morgan fingerprint density at radius 3 is 2.83 bits per heavy atom. The van der Waals surface area contributed by atoms with Crippen LogP contribution in [0.15, 0.2) is 36.4 Å². The normalized spacial score (nSPS) is 10.7. The van der Waals surface area contributed by atoms with Crippen molar-refractivity contribution in [1.82, 2.24) is 9.55 Å². The minimum atomic E-state index is 0.566. The molecule has 0 radical (unpaired) electrons. The summed E-state index contributed by atoms with van der Waals surface area (Å²) in [5, 5.41) is 15.6. The number of anilines is 3. The third-order valence-electron chi connectivity index (χ3n) is 4.78. The van der Waals surface area contributed by atoms with Gasteiger partial charge in [0.15, 0.2) is 0 Å². The van der Waals surface area contributed by atoms with E-state index in [-0.39, 0.29) is 0 Å². The van der Waals surface area contributed by atoms with Gasteiger partial charge in [0.05, 0.1) is 35.1 Å². The molecule has 2 aromatic carbocycles. The maximum absolute atomic E-state index is 8.67. The fourth-order valence-electron chi connectivity index (χ4n) is 3.24. The molecule has 0 saturated carbocycles. The van der Waals surface area contributed by atoms with Crippen LogP contribution in [0.2, 0.25) is 0 Å². The molecule has 1 heterocycles. The Morgan fingerprint density at radius 1 is 1.17 bits per heavy atom. The second-order valence-corrected chi connectivity index (χ2v) is 7.18. The lowest BCUT2D eigenvalue weighted by atomic mass is 10.2. The number of ether oxygens (including phenoxy) is 1. The minimum Gasteiger partial charge on any atom is -0.491 e. The minimum absolute atomic E-state index is 0.566. The van der Waals surface area contributed by atoms with Crippen LogP contribution in [0, 0.1) is 18.3 Å². The largest absolute Gasteiger partial charge is 0.491 e. The van der Waals surface area contributed by atoms with Crippen molar-refractivity contribution in [3.63, 3.8) is 0 Å². The Kier molecular flexibility index (Phi) is 6.96. The third-order valence-corrected chi connectivity index (χ3v) is 4.78. The van der Waals surface area contributed by atoms with Crippen LogP contribution >= 0.6 is 0 Å². The number of nitrogens with one attached hydrogen (secondary N) is 2. The van der Waals surface area contributed by atoms with E-state index < -0.39 is 0 Å². The third kappa shape index (κ3) is 5.00. The molecule has 0 aliphatic rings. The van der Waals surface area contributed by atoms with Gasteiger partial charge in [0, 0.05) is 20.0 Å². The summed E-state index contributed by atoms with van der Waals surface area (Å²) in [6.45, 7) is 5.72. The molecular weight excluding hydrogens is 362 g/mol. The van der Waals surface area contributed by atoms with Gasteiger partial charge in [-0.05, 0) is 56.0 Å². The molecule has 6 nitrogen and oxygen atoms in total. The molecule has 29 heavy (non-hydrogen) atoms. The first-order chi connectivity index (χ1) is 14.1. The maximum atomic E-state index is 8.67. The number of para-hydroxylation sites is 1. The van der Waals surface area contributed by atoms with Gasteiger partial charge in [0.1, 0.15) is 5.75 Å². The summed E-state index contributed by atoms with van der Waals surface area (Å²) in [4.78, 5) is 4.78. The number of rotatable bonds is 10. The zero-order valence-electron chi connectivity index (χ0n) is 17.5. The zero-order chi connectivity index (χ0) is 20.6. The Morgan fingerprint density at radius 2 is 2.03 bits per heavy atom. The second-order valence-electron chi connectivity index (χ2n) is 7.18. The Balaban J connectivity index is 1.83. The molecule has 0 bridgehead atoms. The van der Waals surface area contributed by atoms with E-state index in [0.717, 1.165) is 65.5 Å². The molecule has 0 unspecified atom stereocenters. The van der Waals surface area contributed by atoms with Gasteiger partial charge in [-0.15, -0.1) is 0 Å². The standard InChI is InChI=1S/C23H29N5O/c1-4-14-25-19-9-8-10-20-22(19)28(3)23(27-20)26-18-12-11-17(2)16-21(18)29-15-7-5-6-13-24/h8-12,16,25H,4-7,14-15H2,1-3H3,(H,26,27). The number of hydrogen-bond donors (Lipinski definition) is 2. The van der Waals surface area contributed by atoms with Gasteiger partial charge < -0.3 is 19.9 Å². The van der Waals surface area contributed by atoms with E-state index in [4.69, 9.17) is 15.0 Å². The van der Waals surface area contributed by atoms with Gasteiger partial charge >= 0.3 is 0 Å². The van der Waals surface area contributed by atoms with Crippen LogP contribution in [0.25, 0.3) is 11.0 Å². The number of benzene rings is 2. The van der Waals surface area contributed by atoms with Crippen LogP contribution in [-0.4, -0.2) is 22.7 Å². The summed E-state index contributed by atoms with van der Waals surface area (Å²) in [6.07, 6.45) is 3.34. The van der Waals surface area contributed by atoms with Crippen LogP contribution in [0.5, 0.6) is 5.75 Å². The molecule has 2 N–H and O–H groups in total. The summed E-state index contributed by atoms with van der Waals surface area (Å²) >= 11 is 0. The lowest BCUT2D eigenvalue weighted by Gasteiger charge is -2.14. The van der Waals surface area contributed by atoms with E-state index in [1.54, 1.807) is 0 Å². The van der Waals surface area contributed by atoms with E-state index in [9.17, 15) is 0 Å². The number of imidazole rings is 1. The highest BCUT2D eigenvalue weighted by atomic mass is 16.5. The van der Waals surface area contributed by atoms with Gasteiger partial charge in [-0.1, -0.05) is 19.1 Å². The highest BCUT2D eigenvalue weighted by Crippen LogP contribution is 2.32. The molecular formula is C23H29N5O. The Hall–Kier alpha value is -3.20. The SMILES string of the molecule is CCCNc1cccc2nc(Nc3ccc(C)cc3OCCCCC#N)n(C)c12. The van der Waals surface area contributed by atoms with Crippen molar-refractivity contribution in [2.75, 3.05) is 23.8 Å². The molecule has 0 aliphatic heterocycles. The lowest BCUT2D eigenvalue weighted by molar-refractivity contribution is 0.309. The first-order valence-corrected chi connectivity index (χ1v) is 10.2. The monoisotopic (exact) mass is 391 g/mol. The lowest BCUT2D eigenvalue weighted by Crippen LogP contribution is -2.05. The van der Waals surface area contributed by atoms with E-state index in [0.29, 0.717) is 13.0 Å². The molecule has 0 atom stereocenters. The van der Waals surface area contributed by atoms with Crippen molar-refractivity contribution in [3.8, 4) is 11.8 Å².